The predicted molar refractivity (Wildman–Crippen MR) is 138 cm³/mol. The Kier molecular flexibility index (Phi) is 17.5. The Labute approximate surface area is 198 Å². The third kappa shape index (κ3) is 14.1. The van der Waals surface area contributed by atoms with Crippen LogP contribution in [0.3, 0.4) is 0 Å². The molecule has 0 aromatic rings. The van der Waals surface area contributed by atoms with E-state index in [0.717, 1.165) is 91.6 Å². The number of nitrogens with one attached hydrogen (secondary N) is 6. The maximum atomic E-state index is 3.67. The first-order chi connectivity index (χ1) is 15.9. The minimum Gasteiger partial charge on any atom is -0.315 e. The summed E-state index contributed by atoms with van der Waals surface area (Å²) >= 11 is 0. The van der Waals surface area contributed by atoms with Crippen molar-refractivity contribution in [2.45, 2.75) is 45.1 Å². The van der Waals surface area contributed by atoms with Crippen molar-refractivity contribution in [3.05, 3.63) is 0 Å². The largest absolute Gasteiger partial charge is 0.315 e. The fourth-order valence-electron chi connectivity index (χ4n) is 4.65. The molecule has 0 aromatic carbocycles. The molecule has 0 amide bonds. The lowest BCUT2D eigenvalue weighted by atomic mass is 10.1. The molecule has 2 rings (SSSR count). The van der Waals surface area contributed by atoms with Gasteiger partial charge in [0, 0.05) is 64.9 Å². The number of rotatable bonds is 4. The number of hydrogen-bond donors (Lipinski definition) is 6. The topological polar surface area (TPSA) is 78.7 Å². The van der Waals surface area contributed by atoms with Crippen molar-refractivity contribution in [2.24, 2.45) is 0 Å². The Morgan fingerprint density at radius 1 is 0.500 bits per heavy atom. The van der Waals surface area contributed by atoms with Gasteiger partial charge in [0.15, 0.2) is 0 Å². The molecule has 0 spiro atoms. The quantitative estimate of drug-likeness (QED) is 0.339. The van der Waals surface area contributed by atoms with Crippen molar-refractivity contribution in [3.8, 4) is 0 Å². The minimum atomic E-state index is 0.641. The SMILES string of the molecule is CCC(CN1CCCNCCNCCCNCC1)N1CCCNCCNCCCNCC1. The highest BCUT2D eigenvalue weighted by atomic mass is 15.2. The molecule has 1 atom stereocenters. The van der Waals surface area contributed by atoms with E-state index < -0.39 is 0 Å². The normalized spacial score (nSPS) is 25.4. The number of nitrogens with zero attached hydrogens (tertiary/aromatic N) is 2. The molecule has 1 unspecified atom stereocenters. The lowest BCUT2D eigenvalue weighted by Crippen LogP contribution is -2.48. The van der Waals surface area contributed by atoms with E-state index in [-0.39, 0.29) is 0 Å². The Hall–Kier alpha value is -0.320. The molecule has 190 valence electrons. The summed E-state index contributed by atoms with van der Waals surface area (Å²) in [5.74, 6) is 0. The van der Waals surface area contributed by atoms with Gasteiger partial charge in [0.1, 0.15) is 0 Å². The highest BCUT2D eigenvalue weighted by Gasteiger charge is 2.19. The molecule has 2 aliphatic heterocycles. The van der Waals surface area contributed by atoms with Crippen molar-refractivity contribution < 1.29 is 0 Å². The fraction of sp³-hybridized carbons (Fsp3) is 1.00. The Morgan fingerprint density at radius 3 is 1.53 bits per heavy atom. The van der Waals surface area contributed by atoms with Crippen LogP contribution in [0, 0.1) is 0 Å². The highest BCUT2D eigenvalue weighted by molar-refractivity contribution is 4.77. The fourth-order valence-corrected chi connectivity index (χ4v) is 4.65. The summed E-state index contributed by atoms with van der Waals surface area (Å²) in [4.78, 5) is 5.48. The van der Waals surface area contributed by atoms with Gasteiger partial charge in [0.25, 0.3) is 0 Å². The molecule has 0 radical (unpaired) electrons. The first-order valence-electron chi connectivity index (χ1n) is 13.6. The van der Waals surface area contributed by atoms with Crippen LogP contribution >= 0.6 is 0 Å². The lowest BCUT2D eigenvalue weighted by molar-refractivity contribution is 0.131. The first-order valence-corrected chi connectivity index (χ1v) is 13.6. The van der Waals surface area contributed by atoms with Crippen LogP contribution in [0.15, 0.2) is 0 Å². The first kappa shape index (κ1) is 27.9. The zero-order valence-corrected chi connectivity index (χ0v) is 21.0. The third-order valence-electron chi connectivity index (χ3n) is 6.64. The van der Waals surface area contributed by atoms with Gasteiger partial charge < -0.3 is 36.8 Å². The molecule has 0 aromatic heterocycles. The van der Waals surface area contributed by atoms with Crippen LogP contribution in [0.1, 0.15) is 39.0 Å². The molecule has 0 aliphatic carbocycles. The Morgan fingerprint density at radius 2 is 0.969 bits per heavy atom. The van der Waals surface area contributed by atoms with E-state index in [1.165, 1.54) is 51.7 Å². The van der Waals surface area contributed by atoms with Gasteiger partial charge in [-0.1, -0.05) is 6.92 Å². The molecule has 8 nitrogen and oxygen atoms in total. The van der Waals surface area contributed by atoms with Gasteiger partial charge in [-0.05, 0) is 84.5 Å². The van der Waals surface area contributed by atoms with E-state index in [0.29, 0.717) is 6.04 Å². The summed E-state index contributed by atoms with van der Waals surface area (Å²) in [5.41, 5.74) is 0. The predicted octanol–water partition coefficient (Wildman–Crippen LogP) is -0.506. The van der Waals surface area contributed by atoms with Crippen LogP contribution in [0.25, 0.3) is 0 Å². The highest BCUT2D eigenvalue weighted by Crippen LogP contribution is 2.08. The van der Waals surface area contributed by atoms with Crippen molar-refractivity contribution in [1.82, 2.24) is 41.7 Å². The van der Waals surface area contributed by atoms with Gasteiger partial charge in [-0.15, -0.1) is 0 Å². The molecular formula is C24H54N8. The number of hydrogen-bond acceptors (Lipinski definition) is 8. The summed E-state index contributed by atoms with van der Waals surface area (Å²) in [7, 11) is 0. The second kappa shape index (κ2) is 20.1. The van der Waals surface area contributed by atoms with E-state index in [1.807, 2.05) is 0 Å². The van der Waals surface area contributed by atoms with Crippen LogP contribution in [-0.4, -0.2) is 127 Å². The minimum absolute atomic E-state index is 0.641. The summed E-state index contributed by atoms with van der Waals surface area (Å²) in [5, 5.41) is 21.6. The van der Waals surface area contributed by atoms with Crippen LogP contribution in [-0.2, 0) is 0 Å². The van der Waals surface area contributed by atoms with Crippen molar-refractivity contribution in [1.29, 1.82) is 0 Å². The van der Waals surface area contributed by atoms with Gasteiger partial charge in [-0.25, -0.2) is 0 Å². The zero-order valence-electron chi connectivity index (χ0n) is 21.0. The Bertz CT molecular complexity index is 383. The average Bonchev–Trinajstić information content (AvgIpc) is 2.81. The monoisotopic (exact) mass is 454 g/mol. The zero-order chi connectivity index (χ0) is 22.5. The molecule has 2 saturated heterocycles. The van der Waals surface area contributed by atoms with Gasteiger partial charge >= 0.3 is 0 Å². The van der Waals surface area contributed by atoms with Gasteiger partial charge in [0.2, 0.25) is 0 Å². The Balaban J connectivity index is 1.85. The average molecular weight is 455 g/mol. The molecule has 2 fully saturated rings. The van der Waals surface area contributed by atoms with Crippen LogP contribution in [0.4, 0.5) is 0 Å². The molecule has 32 heavy (non-hydrogen) atoms. The van der Waals surface area contributed by atoms with E-state index in [1.54, 1.807) is 0 Å². The van der Waals surface area contributed by atoms with Crippen molar-refractivity contribution >= 4 is 0 Å². The third-order valence-corrected chi connectivity index (χ3v) is 6.64. The maximum Gasteiger partial charge on any atom is 0.0221 e. The van der Waals surface area contributed by atoms with Crippen molar-refractivity contribution in [2.75, 3.05) is 111 Å². The van der Waals surface area contributed by atoms with E-state index in [4.69, 9.17) is 0 Å². The van der Waals surface area contributed by atoms with Crippen molar-refractivity contribution in [3.63, 3.8) is 0 Å². The second-order valence-corrected chi connectivity index (χ2v) is 9.31. The van der Waals surface area contributed by atoms with E-state index >= 15 is 0 Å². The van der Waals surface area contributed by atoms with E-state index in [2.05, 4.69) is 48.6 Å². The molecular weight excluding hydrogens is 400 g/mol. The molecule has 0 bridgehead atoms. The summed E-state index contributed by atoms with van der Waals surface area (Å²) in [6.45, 7) is 21.5. The molecule has 0 saturated carbocycles. The van der Waals surface area contributed by atoms with Gasteiger partial charge in [-0.3, -0.25) is 4.90 Å². The van der Waals surface area contributed by atoms with E-state index in [9.17, 15) is 0 Å². The lowest BCUT2D eigenvalue weighted by Gasteiger charge is -2.36. The smallest absolute Gasteiger partial charge is 0.0221 e. The summed E-state index contributed by atoms with van der Waals surface area (Å²) in [6.07, 6.45) is 6.11. The molecule has 8 heteroatoms. The standard InChI is InChI=1S/C24H54N8/c1-2-24(32-20-6-12-28-16-14-26-8-4-10-30-18-22-32)23-31-19-5-11-27-15-13-25-7-3-9-29-17-21-31/h24-30H,2-23H2,1H3. The van der Waals surface area contributed by atoms with Crippen LogP contribution in [0.5, 0.6) is 0 Å². The van der Waals surface area contributed by atoms with Gasteiger partial charge in [0.05, 0.1) is 0 Å². The van der Waals surface area contributed by atoms with Crippen LogP contribution < -0.4 is 31.9 Å². The summed E-state index contributed by atoms with van der Waals surface area (Å²) in [6, 6.07) is 0.641. The van der Waals surface area contributed by atoms with Gasteiger partial charge in [-0.2, -0.15) is 0 Å². The second-order valence-electron chi connectivity index (χ2n) is 9.31. The molecule has 2 heterocycles. The molecule has 2 aliphatic rings. The summed E-state index contributed by atoms with van der Waals surface area (Å²) < 4.78 is 0. The van der Waals surface area contributed by atoms with Crippen LogP contribution in [0.2, 0.25) is 0 Å². The molecule has 6 N–H and O–H groups in total. The maximum absolute atomic E-state index is 3.67.